The SMILES string of the molecule is CN=C(NCCCn1ccc2ccccc21)NCCS(=O)Cc1ccccc1. The molecule has 0 bridgehead atoms. The molecule has 148 valence electrons. The van der Waals surface area contributed by atoms with E-state index in [-0.39, 0.29) is 0 Å². The van der Waals surface area contributed by atoms with Gasteiger partial charge < -0.3 is 15.2 Å². The molecule has 1 unspecified atom stereocenters. The Morgan fingerprint density at radius 2 is 1.75 bits per heavy atom. The zero-order valence-electron chi connectivity index (χ0n) is 16.3. The molecule has 1 aromatic heterocycles. The van der Waals surface area contributed by atoms with Crippen LogP contribution in [0.5, 0.6) is 0 Å². The average molecular weight is 397 g/mol. The quantitative estimate of drug-likeness (QED) is 0.332. The lowest BCUT2D eigenvalue weighted by molar-refractivity contribution is 0.641. The zero-order chi connectivity index (χ0) is 19.6. The third kappa shape index (κ3) is 5.96. The monoisotopic (exact) mass is 396 g/mol. The number of nitrogens with one attached hydrogen (secondary N) is 2. The van der Waals surface area contributed by atoms with E-state index in [2.05, 4.69) is 56.7 Å². The fourth-order valence-corrected chi connectivity index (χ4v) is 4.17. The fraction of sp³-hybridized carbons (Fsp3) is 0.318. The molecule has 3 aromatic rings. The van der Waals surface area contributed by atoms with E-state index < -0.39 is 10.8 Å². The molecule has 1 heterocycles. The first kappa shape index (κ1) is 20.1. The largest absolute Gasteiger partial charge is 0.356 e. The molecule has 0 fully saturated rings. The van der Waals surface area contributed by atoms with Crippen LogP contribution >= 0.6 is 0 Å². The van der Waals surface area contributed by atoms with Crippen LogP contribution in [-0.4, -0.2) is 40.6 Å². The number of hydrogen-bond acceptors (Lipinski definition) is 2. The molecule has 5 nitrogen and oxygen atoms in total. The van der Waals surface area contributed by atoms with Gasteiger partial charge in [0.15, 0.2) is 5.96 Å². The summed E-state index contributed by atoms with van der Waals surface area (Å²) in [7, 11) is 0.880. The second kappa shape index (κ2) is 10.7. The standard InChI is InChI=1S/C22H28N4OS/c1-23-22(25-14-17-28(27)18-19-8-3-2-4-9-19)24-13-7-15-26-16-12-20-10-5-6-11-21(20)26/h2-6,8-12,16H,7,13-15,17-18H2,1H3,(H2,23,24,25). The van der Waals surface area contributed by atoms with Gasteiger partial charge in [0, 0.05) is 60.7 Å². The van der Waals surface area contributed by atoms with Crippen molar-refractivity contribution in [3.63, 3.8) is 0 Å². The van der Waals surface area contributed by atoms with Crippen molar-refractivity contribution in [2.75, 3.05) is 25.9 Å². The van der Waals surface area contributed by atoms with Crippen LogP contribution < -0.4 is 10.6 Å². The van der Waals surface area contributed by atoms with Gasteiger partial charge in [0.1, 0.15) is 0 Å². The van der Waals surface area contributed by atoms with Crippen LogP contribution in [0.2, 0.25) is 0 Å². The summed E-state index contributed by atoms with van der Waals surface area (Å²) in [6, 6.07) is 20.5. The van der Waals surface area contributed by atoms with Crippen molar-refractivity contribution in [2.45, 2.75) is 18.7 Å². The highest BCUT2D eigenvalue weighted by Gasteiger charge is 2.03. The number of fused-ring (bicyclic) bond motifs is 1. The molecule has 28 heavy (non-hydrogen) atoms. The summed E-state index contributed by atoms with van der Waals surface area (Å²) in [5.41, 5.74) is 2.38. The van der Waals surface area contributed by atoms with Gasteiger partial charge in [0.05, 0.1) is 0 Å². The minimum atomic E-state index is -0.879. The lowest BCUT2D eigenvalue weighted by Crippen LogP contribution is -2.39. The summed E-state index contributed by atoms with van der Waals surface area (Å²) >= 11 is 0. The van der Waals surface area contributed by atoms with Gasteiger partial charge in [-0.25, -0.2) is 0 Å². The van der Waals surface area contributed by atoms with Crippen LogP contribution in [0.3, 0.4) is 0 Å². The number of aliphatic imine (C=N–C) groups is 1. The van der Waals surface area contributed by atoms with Gasteiger partial charge in [-0.3, -0.25) is 9.20 Å². The molecular formula is C22H28N4OS. The number of nitrogens with zero attached hydrogens (tertiary/aromatic N) is 2. The van der Waals surface area contributed by atoms with Crippen molar-refractivity contribution in [1.29, 1.82) is 0 Å². The van der Waals surface area contributed by atoms with Crippen LogP contribution in [-0.2, 0) is 23.1 Å². The first-order valence-electron chi connectivity index (χ1n) is 9.63. The smallest absolute Gasteiger partial charge is 0.191 e. The van der Waals surface area contributed by atoms with Gasteiger partial charge in [0.2, 0.25) is 0 Å². The Kier molecular flexibility index (Phi) is 7.67. The third-order valence-electron chi connectivity index (χ3n) is 4.56. The first-order valence-corrected chi connectivity index (χ1v) is 11.1. The van der Waals surface area contributed by atoms with Crippen molar-refractivity contribution in [3.8, 4) is 0 Å². The van der Waals surface area contributed by atoms with Gasteiger partial charge in [-0.1, -0.05) is 48.5 Å². The van der Waals surface area contributed by atoms with E-state index in [1.54, 1.807) is 7.05 Å². The van der Waals surface area contributed by atoms with Crippen LogP contribution in [0.25, 0.3) is 10.9 Å². The van der Waals surface area contributed by atoms with E-state index in [9.17, 15) is 4.21 Å². The number of guanidine groups is 1. The Balaban J connectivity index is 1.34. The van der Waals surface area contributed by atoms with Crippen molar-refractivity contribution < 1.29 is 4.21 Å². The average Bonchev–Trinajstić information content (AvgIpc) is 3.13. The summed E-state index contributed by atoms with van der Waals surface area (Å²) in [5.74, 6) is 1.96. The Morgan fingerprint density at radius 3 is 2.57 bits per heavy atom. The predicted molar refractivity (Wildman–Crippen MR) is 119 cm³/mol. The number of hydrogen-bond donors (Lipinski definition) is 2. The maximum atomic E-state index is 12.2. The Bertz CT molecular complexity index is 920. The first-order chi connectivity index (χ1) is 13.8. The van der Waals surface area contributed by atoms with Crippen molar-refractivity contribution >= 4 is 27.7 Å². The molecule has 0 aliphatic rings. The Labute approximate surface area is 169 Å². The van der Waals surface area contributed by atoms with Crippen molar-refractivity contribution in [2.24, 2.45) is 4.99 Å². The molecule has 0 radical (unpaired) electrons. The van der Waals surface area contributed by atoms with Crippen LogP contribution in [0.1, 0.15) is 12.0 Å². The molecule has 0 aliphatic carbocycles. The Hall–Kier alpha value is -2.60. The maximum Gasteiger partial charge on any atom is 0.191 e. The summed E-state index contributed by atoms with van der Waals surface area (Å²) in [6.07, 6.45) is 3.14. The summed E-state index contributed by atoms with van der Waals surface area (Å²) in [4.78, 5) is 4.24. The van der Waals surface area contributed by atoms with Gasteiger partial charge in [-0.15, -0.1) is 0 Å². The van der Waals surface area contributed by atoms with E-state index in [0.29, 0.717) is 18.1 Å². The molecule has 1 atom stereocenters. The second-order valence-electron chi connectivity index (χ2n) is 6.62. The molecule has 0 saturated carbocycles. The fourth-order valence-electron chi connectivity index (χ4n) is 3.13. The predicted octanol–water partition coefficient (Wildman–Crippen LogP) is 3.15. The highest BCUT2D eigenvalue weighted by atomic mass is 32.2. The number of para-hydroxylation sites is 1. The van der Waals surface area contributed by atoms with E-state index in [1.165, 1.54) is 10.9 Å². The zero-order valence-corrected chi connectivity index (χ0v) is 17.1. The minimum Gasteiger partial charge on any atom is -0.356 e. The highest BCUT2D eigenvalue weighted by Crippen LogP contribution is 2.15. The summed E-state index contributed by atoms with van der Waals surface area (Å²) in [6.45, 7) is 2.43. The van der Waals surface area contributed by atoms with Crippen molar-refractivity contribution in [1.82, 2.24) is 15.2 Å². The van der Waals surface area contributed by atoms with E-state index in [0.717, 1.165) is 31.0 Å². The van der Waals surface area contributed by atoms with E-state index in [4.69, 9.17) is 0 Å². The third-order valence-corrected chi connectivity index (χ3v) is 5.88. The summed E-state index contributed by atoms with van der Waals surface area (Å²) in [5, 5.41) is 7.85. The second-order valence-corrected chi connectivity index (χ2v) is 8.20. The van der Waals surface area contributed by atoms with Crippen molar-refractivity contribution in [3.05, 3.63) is 72.4 Å². The Morgan fingerprint density at radius 1 is 1.00 bits per heavy atom. The molecule has 2 N–H and O–H groups in total. The minimum absolute atomic E-state index is 0.597. The number of benzene rings is 2. The van der Waals surface area contributed by atoms with E-state index in [1.807, 2.05) is 30.3 Å². The van der Waals surface area contributed by atoms with Gasteiger partial charge in [0.25, 0.3) is 0 Å². The summed E-state index contributed by atoms with van der Waals surface area (Å²) < 4.78 is 14.5. The van der Waals surface area contributed by atoms with Gasteiger partial charge in [-0.05, 0) is 29.5 Å². The van der Waals surface area contributed by atoms with E-state index >= 15 is 0 Å². The van der Waals surface area contributed by atoms with Crippen LogP contribution in [0, 0.1) is 0 Å². The molecule has 3 rings (SSSR count). The number of aryl methyl sites for hydroxylation is 1. The molecule has 2 aromatic carbocycles. The lowest BCUT2D eigenvalue weighted by atomic mass is 10.2. The number of rotatable bonds is 9. The molecule has 0 saturated heterocycles. The lowest BCUT2D eigenvalue weighted by Gasteiger charge is -2.12. The van der Waals surface area contributed by atoms with Crippen LogP contribution in [0.4, 0.5) is 0 Å². The molecule has 6 heteroatoms. The topological polar surface area (TPSA) is 58.4 Å². The molecule has 0 amide bonds. The molecule has 0 spiro atoms. The molecular weight excluding hydrogens is 368 g/mol. The molecule has 0 aliphatic heterocycles. The maximum absolute atomic E-state index is 12.2. The highest BCUT2D eigenvalue weighted by molar-refractivity contribution is 7.84. The van der Waals surface area contributed by atoms with Crippen LogP contribution in [0.15, 0.2) is 71.9 Å². The van der Waals surface area contributed by atoms with Gasteiger partial charge in [-0.2, -0.15) is 0 Å². The normalized spacial score (nSPS) is 12.8. The number of aromatic nitrogens is 1. The van der Waals surface area contributed by atoms with Gasteiger partial charge >= 0.3 is 0 Å².